The molecule has 0 fully saturated rings. The number of hydrogen-bond acceptors (Lipinski definition) is 3. The monoisotopic (exact) mass is 169 g/mol. The lowest BCUT2D eigenvalue weighted by molar-refractivity contribution is -0.113. The standard InChI is InChI=1S/C7H12BNO3/c1-6(8(11)12)4-2-3-5-7(9)10/h3,5,11-12H,1-2,4H2,(H2,9,10)/b5-3+. The summed E-state index contributed by atoms with van der Waals surface area (Å²) in [6.07, 6.45) is 3.76. The van der Waals surface area contributed by atoms with Crippen molar-refractivity contribution >= 4 is 13.0 Å². The molecule has 5 heteroatoms. The molecule has 0 aromatic heterocycles. The molecule has 0 aromatic carbocycles. The number of carbonyl (C=O) groups excluding carboxylic acids is 1. The number of amides is 1. The Morgan fingerprint density at radius 3 is 2.58 bits per heavy atom. The molecule has 1 amide bonds. The van der Waals surface area contributed by atoms with Crippen molar-refractivity contribution in [2.45, 2.75) is 12.8 Å². The molecule has 0 aliphatic heterocycles. The van der Waals surface area contributed by atoms with Crippen LogP contribution in [-0.2, 0) is 4.79 Å². The van der Waals surface area contributed by atoms with E-state index in [-0.39, 0.29) is 0 Å². The van der Waals surface area contributed by atoms with Crippen LogP contribution in [0.15, 0.2) is 24.2 Å². The molecule has 0 saturated carbocycles. The Morgan fingerprint density at radius 2 is 2.17 bits per heavy atom. The predicted octanol–water partition coefficient (Wildman–Crippen LogP) is -0.624. The van der Waals surface area contributed by atoms with Crippen LogP contribution in [0.4, 0.5) is 0 Å². The van der Waals surface area contributed by atoms with Gasteiger partial charge in [0.2, 0.25) is 5.91 Å². The molecule has 66 valence electrons. The minimum Gasteiger partial charge on any atom is -0.423 e. The highest BCUT2D eigenvalue weighted by Gasteiger charge is 2.09. The number of carbonyl (C=O) groups is 1. The molecule has 0 aliphatic rings. The minimum atomic E-state index is -1.48. The van der Waals surface area contributed by atoms with E-state index in [9.17, 15) is 4.79 Å². The van der Waals surface area contributed by atoms with Crippen LogP contribution in [0.3, 0.4) is 0 Å². The van der Waals surface area contributed by atoms with Gasteiger partial charge in [-0.15, -0.1) is 6.58 Å². The number of hydrogen-bond donors (Lipinski definition) is 3. The topological polar surface area (TPSA) is 83.6 Å². The molecule has 0 unspecified atom stereocenters. The predicted molar refractivity (Wildman–Crippen MR) is 46.9 cm³/mol. The number of allylic oxidation sites excluding steroid dienone is 2. The molecule has 12 heavy (non-hydrogen) atoms. The van der Waals surface area contributed by atoms with E-state index in [0.29, 0.717) is 18.3 Å². The number of primary amides is 1. The molecule has 4 N–H and O–H groups in total. The Labute approximate surface area is 71.5 Å². The maximum absolute atomic E-state index is 10.2. The van der Waals surface area contributed by atoms with Gasteiger partial charge in [-0.1, -0.05) is 6.08 Å². The second-order valence-electron chi connectivity index (χ2n) is 2.38. The second kappa shape index (κ2) is 5.57. The molecular formula is C7H12BNO3. The Morgan fingerprint density at radius 1 is 1.58 bits per heavy atom. The van der Waals surface area contributed by atoms with Crippen LogP contribution in [-0.4, -0.2) is 23.1 Å². The van der Waals surface area contributed by atoms with Gasteiger partial charge in [-0.3, -0.25) is 4.79 Å². The first-order chi connectivity index (χ1) is 5.54. The van der Waals surface area contributed by atoms with Crippen molar-refractivity contribution in [3.05, 3.63) is 24.2 Å². The van der Waals surface area contributed by atoms with Crippen LogP contribution >= 0.6 is 0 Å². The van der Waals surface area contributed by atoms with Gasteiger partial charge in [-0.05, 0) is 24.4 Å². The highest BCUT2D eigenvalue weighted by atomic mass is 16.4. The maximum atomic E-state index is 10.2. The summed E-state index contributed by atoms with van der Waals surface area (Å²) in [5.74, 6) is -0.509. The Hall–Kier alpha value is -1.07. The lowest BCUT2D eigenvalue weighted by Gasteiger charge is -1.99. The smallest absolute Gasteiger partial charge is 0.423 e. The van der Waals surface area contributed by atoms with Gasteiger partial charge in [0.05, 0.1) is 0 Å². The van der Waals surface area contributed by atoms with Crippen LogP contribution in [0.5, 0.6) is 0 Å². The fourth-order valence-corrected chi connectivity index (χ4v) is 0.597. The zero-order valence-corrected chi connectivity index (χ0v) is 6.73. The van der Waals surface area contributed by atoms with E-state index in [4.69, 9.17) is 15.8 Å². The van der Waals surface area contributed by atoms with Gasteiger partial charge < -0.3 is 15.8 Å². The van der Waals surface area contributed by atoms with Gasteiger partial charge >= 0.3 is 7.12 Å². The van der Waals surface area contributed by atoms with Crippen molar-refractivity contribution in [1.29, 1.82) is 0 Å². The van der Waals surface area contributed by atoms with Crippen LogP contribution in [0.25, 0.3) is 0 Å². The Bertz CT molecular complexity index is 201. The molecule has 4 nitrogen and oxygen atoms in total. The molecule has 0 rings (SSSR count). The SMILES string of the molecule is C=C(CC/C=C/C(N)=O)B(O)O. The molecule has 0 saturated heterocycles. The van der Waals surface area contributed by atoms with Gasteiger partial charge in [0.1, 0.15) is 0 Å². The zero-order chi connectivity index (χ0) is 9.56. The lowest BCUT2D eigenvalue weighted by atomic mass is 9.78. The molecule has 0 heterocycles. The van der Waals surface area contributed by atoms with E-state index in [1.165, 1.54) is 6.08 Å². The Balaban J connectivity index is 3.57. The van der Waals surface area contributed by atoms with E-state index in [1.54, 1.807) is 6.08 Å². The summed E-state index contributed by atoms with van der Waals surface area (Å²) < 4.78 is 0. The molecule has 0 atom stereocenters. The van der Waals surface area contributed by atoms with Crippen molar-refractivity contribution < 1.29 is 14.8 Å². The molecule has 0 spiro atoms. The van der Waals surface area contributed by atoms with Crippen LogP contribution < -0.4 is 5.73 Å². The minimum absolute atomic E-state index is 0.323. The first-order valence-corrected chi connectivity index (χ1v) is 3.54. The summed E-state index contributed by atoms with van der Waals surface area (Å²) >= 11 is 0. The van der Waals surface area contributed by atoms with Crippen molar-refractivity contribution in [3.63, 3.8) is 0 Å². The summed E-state index contributed by atoms with van der Waals surface area (Å²) in [7, 11) is -1.48. The highest BCUT2D eigenvalue weighted by Crippen LogP contribution is 2.03. The van der Waals surface area contributed by atoms with Gasteiger partial charge in [0, 0.05) is 0 Å². The normalized spacial score (nSPS) is 10.2. The lowest BCUT2D eigenvalue weighted by Crippen LogP contribution is -2.14. The molecule has 0 radical (unpaired) electrons. The third kappa shape index (κ3) is 5.70. The van der Waals surface area contributed by atoms with Crippen molar-refractivity contribution in [2.24, 2.45) is 5.73 Å². The summed E-state index contributed by atoms with van der Waals surface area (Å²) in [6.45, 7) is 3.42. The van der Waals surface area contributed by atoms with E-state index in [0.717, 1.165) is 0 Å². The van der Waals surface area contributed by atoms with E-state index in [2.05, 4.69) is 6.58 Å². The number of rotatable bonds is 5. The van der Waals surface area contributed by atoms with Crippen molar-refractivity contribution in [1.82, 2.24) is 0 Å². The molecule has 0 aromatic rings. The van der Waals surface area contributed by atoms with Gasteiger partial charge in [-0.2, -0.15) is 0 Å². The van der Waals surface area contributed by atoms with Gasteiger partial charge in [0.25, 0.3) is 0 Å². The zero-order valence-electron chi connectivity index (χ0n) is 6.73. The number of nitrogens with two attached hydrogens (primary N) is 1. The average Bonchev–Trinajstić information content (AvgIpc) is 1.97. The summed E-state index contributed by atoms with van der Waals surface area (Å²) in [5.41, 5.74) is 5.15. The third-order valence-electron chi connectivity index (χ3n) is 1.28. The van der Waals surface area contributed by atoms with E-state index in [1.807, 2.05) is 0 Å². The quantitative estimate of drug-likeness (QED) is 0.378. The van der Waals surface area contributed by atoms with Crippen LogP contribution in [0, 0.1) is 0 Å². The average molecular weight is 169 g/mol. The van der Waals surface area contributed by atoms with Crippen LogP contribution in [0.2, 0.25) is 0 Å². The fourth-order valence-electron chi connectivity index (χ4n) is 0.597. The maximum Gasteiger partial charge on any atom is 0.483 e. The molecule has 0 aliphatic carbocycles. The van der Waals surface area contributed by atoms with E-state index < -0.39 is 13.0 Å². The largest absolute Gasteiger partial charge is 0.483 e. The van der Waals surface area contributed by atoms with Crippen LogP contribution in [0.1, 0.15) is 12.8 Å². The van der Waals surface area contributed by atoms with E-state index >= 15 is 0 Å². The first-order valence-electron chi connectivity index (χ1n) is 3.54. The van der Waals surface area contributed by atoms with Gasteiger partial charge in [0.15, 0.2) is 0 Å². The fraction of sp³-hybridized carbons (Fsp3) is 0.286. The highest BCUT2D eigenvalue weighted by molar-refractivity contribution is 6.50. The van der Waals surface area contributed by atoms with Gasteiger partial charge in [-0.25, -0.2) is 0 Å². The summed E-state index contributed by atoms with van der Waals surface area (Å²) in [6, 6.07) is 0. The van der Waals surface area contributed by atoms with Crippen molar-refractivity contribution in [2.75, 3.05) is 0 Å². The molecular weight excluding hydrogens is 157 g/mol. The Kier molecular flexibility index (Phi) is 5.07. The second-order valence-corrected chi connectivity index (χ2v) is 2.38. The third-order valence-corrected chi connectivity index (χ3v) is 1.28. The molecule has 0 bridgehead atoms. The summed E-state index contributed by atoms with van der Waals surface area (Å²) in [5, 5.41) is 17.1. The van der Waals surface area contributed by atoms with Crippen molar-refractivity contribution in [3.8, 4) is 0 Å². The first kappa shape index (κ1) is 10.9. The summed E-state index contributed by atoms with van der Waals surface area (Å²) in [4.78, 5) is 10.2.